The van der Waals surface area contributed by atoms with Crippen LogP contribution in [0.15, 0.2) is 33.4 Å². The van der Waals surface area contributed by atoms with Gasteiger partial charge in [-0.1, -0.05) is 0 Å². The number of anilines is 1. The molecule has 0 fully saturated rings. The summed E-state index contributed by atoms with van der Waals surface area (Å²) in [6.45, 7) is 1.78. The van der Waals surface area contributed by atoms with Crippen molar-refractivity contribution in [3.8, 4) is 0 Å². The predicted octanol–water partition coefficient (Wildman–Crippen LogP) is 3.50. The third kappa shape index (κ3) is 3.25. The summed E-state index contributed by atoms with van der Waals surface area (Å²) in [4.78, 5) is 0. The Morgan fingerprint density at radius 2 is 2.19 bits per heavy atom. The lowest BCUT2D eigenvalue weighted by atomic mass is 10.3. The van der Waals surface area contributed by atoms with Gasteiger partial charge in [-0.25, -0.2) is 10.2 Å². The molecule has 0 saturated heterocycles. The van der Waals surface area contributed by atoms with E-state index in [4.69, 9.17) is 11.6 Å². The molecular formula is C9H10BrFIN3S. The quantitative estimate of drug-likeness (QED) is 0.449. The highest BCUT2D eigenvalue weighted by Gasteiger charge is 2.11. The maximum absolute atomic E-state index is 13.1. The molecule has 88 valence electrons. The number of hydrazine groups is 1. The van der Waals surface area contributed by atoms with Gasteiger partial charge in [-0.05, 0) is 43.9 Å². The van der Waals surface area contributed by atoms with Gasteiger partial charge in [-0.2, -0.15) is 0 Å². The fourth-order valence-electron chi connectivity index (χ4n) is 1.03. The number of nitrogens with two attached hydrogens (primary N) is 2. The van der Waals surface area contributed by atoms with E-state index in [1.165, 1.54) is 26.1 Å². The first-order valence-electron chi connectivity index (χ1n) is 4.22. The number of hydrogen-bond donors (Lipinski definition) is 2. The Hall–Kier alpha value is 0.01000. The van der Waals surface area contributed by atoms with Gasteiger partial charge < -0.3 is 5.73 Å². The molecule has 0 spiro atoms. The summed E-state index contributed by atoms with van der Waals surface area (Å²) in [6, 6.07) is 4.31. The van der Waals surface area contributed by atoms with Gasteiger partial charge in [0.1, 0.15) is 5.82 Å². The monoisotopic (exact) mass is 417 g/mol. The maximum atomic E-state index is 13.1. The molecule has 0 saturated carbocycles. The minimum atomic E-state index is -0.345. The van der Waals surface area contributed by atoms with E-state index < -0.39 is 0 Å². The largest absolute Gasteiger partial charge is 0.391 e. The maximum Gasteiger partial charge on any atom is 0.125 e. The second kappa shape index (κ2) is 6.08. The molecule has 16 heavy (non-hydrogen) atoms. The Kier molecular flexibility index (Phi) is 5.35. The highest BCUT2D eigenvalue weighted by Crippen LogP contribution is 2.30. The van der Waals surface area contributed by atoms with Crippen LogP contribution in [-0.4, -0.2) is 0 Å². The third-order valence-electron chi connectivity index (χ3n) is 1.97. The molecule has 4 N–H and O–H groups in total. The van der Waals surface area contributed by atoms with Crippen molar-refractivity contribution in [3.05, 3.63) is 39.2 Å². The van der Waals surface area contributed by atoms with Gasteiger partial charge in [-0.3, -0.25) is 5.01 Å². The van der Waals surface area contributed by atoms with Crippen LogP contribution in [0.2, 0.25) is 0 Å². The van der Waals surface area contributed by atoms with E-state index >= 15 is 0 Å². The molecule has 0 aliphatic carbocycles. The van der Waals surface area contributed by atoms with E-state index in [0.29, 0.717) is 20.9 Å². The van der Waals surface area contributed by atoms with E-state index in [2.05, 4.69) is 37.1 Å². The summed E-state index contributed by atoms with van der Waals surface area (Å²) in [7, 11) is 1.36. The van der Waals surface area contributed by atoms with Gasteiger partial charge in [0, 0.05) is 31.7 Å². The first kappa shape index (κ1) is 14.1. The molecule has 0 atom stereocenters. The van der Waals surface area contributed by atoms with Crippen molar-refractivity contribution >= 4 is 51.8 Å². The van der Waals surface area contributed by atoms with Crippen molar-refractivity contribution < 1.29 is 4.39 Å². The molecule has 0 bridgehead atoms. The first-order valence-corrected chi connectivity index (χ1v) is 8.37. The lowest BCUT2D eigenvalue weighted by Gasteiger charge is -2.21. The van der Waals surface area contributed by atoms with Gasteiger partial charge in [-0.15, -0.1) is 0 Å². The summed E-state index contributed by atoms with van der Waals surface area (Å²) >= 11 is 5.37. The van der Waals surface area contributed by atoms with Crippen LogP contribution >= 0.6 is 46.1 Å². The number of halogens is 3. The second-order valence-electron chi connectivity index (χ2n) is 2.99. The van der Waals surface area contributed by atoms with Crippen LogP contribution in [0.25, 0.3) is 0 Å². The molecule has 0 aliphatic rings. The van der Waals surface area contributed by atoms with E-state index in [9.17, 15) is 4.39 Å². The van der Waals surface area contributed by atoms with E-state index in [-0.39, 0.29) is 5.82 Å². The molecule has 0 unspecified atom stereocenters. The first-order chi connectivity index (χ1) is 7.47. The predicted molar refractivity (Wildman–Crippen MR) is 79.3 cm³/mol. The molecule has 1 aromatic carbocycles. The van der Waals surface area contributed by atoms with Gasteiger partial charge >= 0.3 is 0 Å². The molecule has 0 heterocycles. The van der Waals surface area contributed by atoms with Crippen molar-refractivity contribution in [2.45, 2.75) is 6.92 Å². The molecular weight excluding hydrogens is 408 g/mol. The van der Waals surface area contributed by atoms with Crippen molar-refractivity contribution in [2.75, 3.05) is 5.01 Å². The molecule has 3 nitrogen and oxygen atoms in total. The number of allylic oxidation sites excluding steroid dienone is 1. The zero-order valence-corrected chi connectivity index (χ0v) is 12.9. The second-order valence-corrected chi connectivity index (χ2v) is 5.76. The summed E-state index contributed by atoms with van der Waals surface area (Å²) in [6.07, 6.45) is 0. The topological polar surface area (TPSA) is 55.3 Å². The highest BCUT2D eigenvalue weighted by atomic mass is 127. The minimum absolute atomic E-state index is 0.345. The molecule has 1 rings (SSSR count). The normalized spacial score (nSPS) is 12.3. The third-order valence-corrected chi connectivity index (χ3v) is 4.52. The van der Waals surface area contributed by atoms with Crippen LogP contribution in [0.3, 0.4) is 0 Å². The summed E-state index contributed by atoms with van der Waals surface area (Å²) in [5.41, 5.74) is 6.95. The van der Waals surface area contributed by atoms with Gasteiger partial charge in [0.15, 0.2) is 0 Å². The highest BCUT2D eigenvalue weighted by molar-refractivity contribution is 14.2. The van der Waals surface area contributed by atoms with E-state index in [1.54, 1.807) is 13.0 Å². The molecule has 0 aromatic heterocycles. The molecule has 0 amide bonds. The summed E-state index contributed by atoms with van der Waals surface area (Å²) < 4.78 is 13.8. The SMILES string of the molecule is C/C(=C(/N)SI)N(N)c1cc(F)ccc1Br. The number of benzene rings is 1. The minimum Gasteiger partial charge on any atom is -0.391 e. The van der Waals surface area contributed by atoms with Crippen molar-refractivity contribution in [1.82, 2.24) is 0 Å². The zero-order chi connectivity index (χ0) is 12.3. The lowest BCUT2D eigenvalue weighted by molar-refractivity contribution is 0.627. The van der Waals surface area contributed by atoms with E-state index in [1.807, 2.05) is 0 Å². The standard InChI is InChI=1S/C9H10BrFIN3S/c1-5(9(13)16-12)15(14)8-4-6(11)2-3-7(8)10/h2-4H,13-14H2,1H3/b9-5+. The van der Waals surface area contributed by atoms with E-state index in [0.717, 1.165) is 0 Å². The summed E-state index contributed by atoms with van der Waals surface area (Å²) in [5.74, 6) is 5.52. The Morgan fingerprint density at radius 1 is 1.56 bits per heavy atom. The van der Waals surface area contributed by atoms with Gasteiger partial charge in [0.25, 0.3) is 0 Å². The smallest absolute Gasteiger partial charge is 0.125 e. The number of rotatable bonds is 3. The van der Waals surface area contributed by atoms with Crippen LogP contribution < -0.4 is 16.6 Å². The van der Waals surface area contributed by atoms with Crippen molar-refractivity contribution in [3.63, 3.8) is 0 Å². The van der Waals surface area contributed by atoms with Crippen LogP contribution in [0.4, 0.5) is 10.1 Å². The fraction of sp³-hybridized carbons (Fsp3) is 0.111. The average molecular weight is 418 g/mol. The fourth-order valence-corrected chi connectivity index (χ4v) is 2.63. The Bertz CT molecular complexity index is 427. The van der Waals surface area contributed by atoms with Crippen LogP contribution in [0.1, 0.15) is 6.92 Å². The zero-order valence-electron chi connectivity index (χ0n) is 8.38. The van der Waals surface area contributed by atoms with Crippen LogP contribution in [0, 0.1) is 5.82 Å². The van der Waals surface area contributed by atoms with Gasteiger partial charge in [0.05, 0.1) is 16.4 Å². The molecule has 0 aliphatic heterocycles. The molecule has 0 radical (unpaired) electrons. The Morgan fingerprint density at radius 3 is 2.75 bits per heavy atom. The average Bonchev–Trinajstić information content (AvgIpc) is 2.29. The number of hydrogen-bond acceptors (Lipinski definition) is 4. The molecule has 1 aromatic rings. The molecule has 7 heteroatoms. The van der Waals surface area contributed by atoms with Crippen molar-refractivity contribution in [1.29, 1.82) is 0 Å². The Balaban J connectivity index is 3.14. The van der Waals surface area contributed by atoms with Gasteiger partial charge in [0.2, 0.25) is 0 Å². The number of nitrogens with zero attached hydrogens (tertiary/aromatic N) is 1. The van der Waals surface area contributed by atoms with Crippen LogP contribution in [-0.2, 0) is 0 Å². The Labute approximate surface area is 118 Å². The lowest BCUT2D eigenvalue weighted by Crippen LogP contribution is -2.30. The van der Waals surface area contributed by atoms with Crippen LogP contribution in [0.5, 0.6) is 0 Å². The summed E-state index contributed by atoms with van der Waals surface area (Å²) in [5, 5.41) is 1.94. The van der Waals surface area contributed by atoms with Crippen molar-refractivity contribution in [2.24, 2.45) is 11.6 Å².